The Hall–Kier alpha value is -0.860. The number of sulfonamides is 1. The molecule has 2 fully saturated rings. The minimum Gasteiger partial charge on any atom is -0.355 e. The van der Waals surface area contributed by atoms with Gasteiger partial charge < -0.3 is 10.2 Å². The van der Waals surface area contributed by atoms with Crippen molar-refractivity contribution in [3.05, 3.63) is 0 Å². The highest BCUT2D eigenvalue weighted by molar-refractivity contribution is 7.89. The summed E-state index contributed by atoms with van der Waals surface area (Å²) in [6, 6.07) is 0.632. The molecule has 0 aromatic rings. The molecule has 0 spiro atoms. The number of hydrogen-bond donors (Lipinski definition) is 2. The quantitative estimate of drug-likeness (QED) is 0.404. The SMILES string of the molecule is CCS(=O)(=O)NCCNC(=NC)N1CCC(N2CCCCC2)C1. The van der Waals surface area contributed by atoms with Gasteiger partial charge in [-0.05, 0) is 39.3 Å². The molecule has 2 aliphatic rings. The van der Waals surface area contributed by atoms with Gasteiger partial charge in [-0.2, -0.15) is 0 Å². The van der Waals surface area contributed by atoms with Gasteiger partial charge in [-0.1, -0.05) is 6.42 Å². The third-order valence-corrected chi connectivity index (χ3v) is 6.10. The van der Waals surface area contributed by atoms with E-state index in [2.05, 4.69) is 24.8 Å². The smallest absolute Gasteiger partial charge is 0.211 e. The van der Waals surface area contributed by atoms with Gasteiger partial charge in [0.25, 0.3) is 0 Å². The van der Waals surface area contributed by atoms with E-state index >= 15 is 0 Å². The highest BCUT2D eigenvalue weighted by atomic mass is 32.2. The Morgan fingerprint density at radius 2 is 1.91 bits per heavy atom. The molecule has 0 saturated carbocycles. The first kappa shape index (κ1) is 18.5. The summed E-state index contributed by atoms with van der Waals surface area (Å²) in [6.45, 7) is 7.06. The summed E-state index contributed by atoms with van der Waals surface area (Å²) in [6.07, 6.45) is 5.19. The summed E-state index contributed by atoms with van der Waals surface area (Å²) in [5.41, 5.74) is 0. The molecule has 2 aliphatic heterocycles. The van der Waals surface area contributed by atoms with Crippen LogP contribution in [0.3, 0.4) is 0 Å². The van der Waals surface area contributed by atoms with Gasteiger partial charge in [0.05, 0.1) is 5.75 Å². The third kappa shape index (κ3) is 5.61. The van der Waals surface area contributed by atoms with Crippen molar-refractivity contribution in [2.75, 3.05) is 52.1 Å². The highest BCUT2D eigenvalue weighted by Gasteiger charge is 2.29. The van der Waals surface area contributed by atoms with Crippen molar-refractivity contribution in [3.8, 4) is 0 Å². The van der Waals surface area contributed by atoms with Crippen LogP contribution in [0.2, 0.25) is 0 Å². The van der Waals surface area contributed by atoms with Crippen LogP contribution in [0, 0.1) is 0 Å². The molecule has 0 bridgehead atoms. The molecule has 2 heterocycles. The van der Waals surface area contributed by atoms with E-state index in [0.29, 0.717) is 19.1 Å². The maximum atomic E-state index is 11.4. The standard InChI is InChI=1S/C15H31N5O2S/c1-3-23(21,22)18-9-8-17-15(16-2)20-12-7-14(13-20)19-10-5-4-6-11-19/h14,18H,3-13H2,1-2H3,(H,16,17). The minimum absolute atomic E-state index is 0.116. The maximum absolute atomic E-state index is 11.4. The molecule has 134 valence electrons. The van der Waals surface area contributed by atoms with Gasteiger partial charge in [0.15, 0.2) is 5.96 Å². The van der Waals surface area contributed by atoms with E-state index in [1.807, 2.05) is 0 Å². The van der Waals surface area contributed by atoms with Crippen LogP contribution < -0.4 is 10.0 Å². The van der Waals surface area contributed by atoms with Crippen molar-refractivity contribution in [2.45, 2.75) is 38.6 Å². The van der Waals surface area contributed by atoms with Gasteiger partial charge in [-0.3, -0.25) is 9.89 Å². The van der Waals surface area contributed by atoms with E-state index < -0.39 is 10.0 Å². The first-order chi connectivity index (χ1) is 11.1. The number of piperidine rings is 1. The number of nitrogens with one attached hydrogen (secondary N) is 2. The van der Waals surface area contributed by atoms with Crippen molar-refractivity contribution < 1.29 is 8.42 Å². The van der Waals surface area contributed by atoms with Gasteiger partial charge in [-0.15, -0.1) is 0 Å². The lowest BCUT2D eigenvalue weighted by Gasteiger charge is -2.32. The Bertz CT molecular complexity index is 488. The zero-order chi connectivity index (χ0) is 16.7. The fourth-order valence-corrected chi connectivity index (χ4v) is 3.95. The Morgan fingerprint density at radius 1 is 1.17 bits per heavy atom. The lowest BCUT2D eigenvalue weighted by atomic mass is 10.1. The van der Waals surface area contributed by atoms with E-state index in [1.54, 1.807) is 14.0 Å². The summed E-state index contributed by atoms with van der Waals surface area (Å²) in [5.74, 6) is 0.992. The number of likely N-dealkylation sites (tertiary alicyclic amines) is 2. The van der Waals surface area contributed by atoms with Gasteiger partial charge in [-0.25, -0.2) is 13.1 Å². The molecule has 1 unspecified atom stereocenters. The Labute approximate surface area is 140 Å². The molecule has 8 heteroatoms. The second kappa shape index (κ2) is 8.84. The van der Waals surface area contributed by atoms with Crippen LogP contribution in [-0.4, -0.2) is 82.3 Å². The minimum atomic E-state index is -3.12. The number of guanidine groups is 1. The molecule has 1 atom stereocenters. The predicted octanol–water partition coefficient (Wildman–Crippen LogP) is 0.0613. The molecule has 2 saturated heterocycles. The number of hydrogen-bond acceptors (Lipinski definition) is 4. The van der Waals surface area contributed by atoms with E-state index in [4.69, 9.17) is 0 Å². The zero-order valence-electron chi connectivity index (χ0n) is 14.4. The monoisotopic (exact) mass is 345 g/mol. The Morgan fingerprint density at radius 3 is 2.57 bits per heavy atom. The average Bonchev–Trinajstić information content (AvgIpc) is 3.05. The Balaban J connectivity index is 1.74. The van der Waals surface area contributed by atoms with Gasteiger partial charge in [0.2, 0.25) is 10.0 Å². The largest absolute Gasteiger partial charge is 0.355 e. The summed E-state index contributed by atoms with van der Waals surface area (Å²) in [7, 11) is -1.33. The molecular formula is C15H31N5O2S. The molecule has 0 aliphatic carbocycles. The predicted molar refractivity (Wildman–Crippen MR) is 94.2 cm³/mol. The van der Waals surface area contributed by atoms with Crippen LogP contribution in [0.25, 0.3) is 0 Å². The first-order valence-electron chi connectivity index (χ1n) is 8.72. The fraction of sp³-hybridized carbons (Fsp3) is 0.933. The normalized spacial score (nSPS) is 24.2. The van der Waals surface area contributed by atoms with Crippen LogP contribution in [0.4, 0.5) is 0 Å². The number of aliphatic imine (C=N–C) groups is 1. The molecule has 0 radical (unpaired) electrons. The lowest BCUT2D eigenvalue weighted by molar-refractivity contribution is 0.168. The Kier molecular flexibility index (Phi) is 7.10. The van der Waals surface area contributed by atoms with Crippen LogP contribution in [-0.2, 0) is 10.0 Å². The summed E-state index contributed by atoms with van der Waals surface area (Å²) < 4.78 is 25.4. The topological polar surface area (TPSA) is 77.0 Å². The molecule has 2 N–H and O–H groups in total. The van der Waals surface area contributed by atoms with E-state index in [1.165, 1.54) is 38.8 Å². The van der Waals surface area contributed by atoms with Crippen LogP contribution >= 0.6 is 0 Å². The molecule has 23 heavy (non-hydrogen) atoms. The third-order valence-electron chi connectivity index (χ3n) is 4.69. The van der Waals surface area contributed by atoms with E-state index in [0.717, 1.165) is 19.0 Å². The fourth-order valence-electron chi connectivity index (χ4n) is 3.33. The summed E-state index contributed by atoms with van der Waals surface area (Å²) in [4.78, 5) is 9.24. The van der Waals surface area contributed by atoms with E-state index in [-0.39, 0.29) is 5.75 Å². The average molecular weight is 346 g/mol. The van der Waals surface area contributed by atoms with Crippen LogP contribution in [0.1, 0.15) is 32.6 Å². The summed E-state index contributed by atoms with van der Waals surface area (Å²) in [5, 5.41) is 3.26. The zero-order valence-corrected chi connectivity index (χ0v) is 15.2. The van der Waals surface area contributed by atoms with Crippen molar-refractivity contribution in [1.82, 2.24) is 19.8 Å². The molecular weight excluding hydrogens is 314 g/mol. The van der Waals surface area contributed by atoms with Crippen molar-refractivity contribution in [2.24, 2.45) is 4.99 Å². The lowest BCUT2D eigenvalue weighted by Crippen LogP contribution is -2.46. The van der Waals surface area contributed by atoms with Crippen molar-refractivity contribution >= 4 is 16.0 Å². The molecule has 0 amide bonds. The molecule has 7 nitrogen and oxygen atoms in total. The van der Waals surface area contributed by atoms with Gasteiger partial charge in [0, 0.05) is 39.3 Å². The van der Waals surface area contributed by atoms with Crippen LogP contribution in [0.5, 0.6) is 0 Å². The molecule has 2 rings (SSSR count). The molecule has 0 aromatic carbocycles. The van der Waals surface area contributed by atoms with Gasteiger partial charge >= 0.3 is 0 Å². The van der Waals surface area contributed by atoms with Gasteiger partial charge in [0.1, 0.15) is 0 Å². The van der Waals surface area contributed by atoms with Crippen molar-refractivity contribution in [1.29, 1.82) is 0 Å². The van der Waals surface area contributed by atoms with E-state index in [9.17, 15) is 8.42 Å². The first-order valence-corrected chi connectivity index (χ1v) is 10.4. The molecule has 0 aromatic heterocycles. The van der Waals surface area contributed by atoms with Crippen molar-refractivity contribution in [3.63, 3.8) is 0 Å². The second-order valence-electron chi connectivity index (χ2n) is 6.26. The highest BCUT2D eigenvalue weighted by Crippen LogP contribution is 2.20. The second-order valence-corrected chi connectivity index (χ2v) is 8.35. The maximum Gasteiger partial charge on any atom is 0.211 e. The number of nitrogens with zero attached hydrogens (tertiary/aromatic N) is 3. The summed E-state index contributed by atoms with van der Waals surface area (Å²) >= 11 is 0. The number of rotatable bonds is 6. The van der Waals surface area contributed by atoms with Crippen LogP contribution in [0.15, 0.2) is 4.99 Å².